The fourth-order valence-electron chi connectivity index (χ4n) is 1.68. The Kier molecular flexibility index (Phi) is 2.78. The molecular weight excluding hydrogens is 272 g/mol. The molecule has 1 amide bonds. The van der Waals surface area contributed by atoms with Gasteiger partial charge in [-0.3, -0.25) is 13.2 Å². The Labute approximate surface area is 101 Å². The molecule has 0 aliphatic heterocycles. The highest BCUT2D eigenvalue weighted by Crippen LogP contribution is 2.26. The number of carbonyl (C=O) groups is 2. The summed E-state index contributed by atoms with van der Waals surface area (Å²) in [4.78, 5) is 22.7. The molecule has 0 atom stereocenters. The molecule has 5 heteroatoms. The summed E-state index contributed by atoms with van der Waals surface area (Å²) in [5.74, 6) is -0.296. The van der Waals surface area contributed by atoms with Crippen molar-refractivity contribution in [3.05, 3.63) is 35.5 Å². The van der Waals surface area contributed by atoms with E-state index < -0.39 is 0 Å². The quantitative estimate of drug-likeness (QED) is 0.856. The van der Waals surface area contributed by atoms with Crippen LogP contribution in [0.25, 0.3) is 10.9 Å². The smallest absolute Gasteiger partial charge is 0.269 e. The molecule has 0 saturated carbocycles. The lowest BCUT2D eigenvalue weighted by atomic mass is 10.1. The minimum Gasteiger partial charge on any atom is -0.354 e. The second kappa shape index (κ2) is 4.09. The van der Waals surface area contributed by atoms with Crippen molar-refractivity contribution in [2.75, 3.05) is 7.05 Å². The minimum absolute atomic E-state index is 0.296. The van der Waals surface area contributed by atoms with Crippen LogP contribution in [0.4, 0.5) is 0 Å². The van der Waals surface area contributed by atoms with Crippen LogP contribution in [-0.2, 0) is 0 Å². The molecular formula is C11H9BrN2O2. The van der Waals surface area contributed by atoms with E-state index in [1.807, 2.05) is 24.3 Å². The number of nitrogens with one attached hydrogen (secondary N) is 1. The van der Waals surface area contributed by atoms with Crippen molar-refractivity contribution < 1.29 is 9.59 Å². The normalized spacial score (nSPS) is 10.4. The Morgan fingerprint density at radius 1 is 1.44 bits per heavy atom. The van der Waals surface area contributed by atoms with Gasteiger partial charge in [-0.05, 0) is 6.07 Å². The summed E-state index contributed by atoms with van der Waals surface area (Å²) in [5.41, 5.74) is 1.51. The standard InChI is InChI=1S/C11H9BrN2O2/c1-13-11(16)10-8(6-15)7-4-2-3-5-9(7)14(10)12/h2-6H,1H3,(H,13,16). The Balaban J connectivity index is 2.87. The zero-order valence-electron chi connectivity index (χ0n) is 8.53. The van der Waals surface area contributed by atoms with E-state index in [1.54, 1.807) is 3.59 Å². The topological polar surface area (TPSA) is 51.1 Å². The van der Waals surface area contributed by atoms with Crippen LogP contribution in [0.15, 0.2) is 24.3 Å². The third-order valence-corrected chi connectivity index (χ3v) is 3.15. The second-order valence-electron chi connectivity index (χ2n) is 3.26. The molecule has 1 aromatic carbocycles. The fraction of sp³-hybridized carbons (Fsp3) is 0.0909. The van der Waals surface area contributed by atoms with Crippen LogP contribution in [-0.4, -0.2) is 22.8 Å². The number of nitrogens with zero attached hydrogens (tertiary/aromatic N) is 1. The lowest BCUT2D eigenvalue weighted by Crippen LogP contribution is -2.21. The molecule has 2 aromatic rings. The summed E-state index contributed by atoms with van der Waals surface area (Å²) in [6.45, 7) is 0. The lowest BCUT2D eigenvalue weighted by Gasteiger charge is -2.00. The van der Waals surface area contributed by atoms with Crippen LogP contribution in [0.3, 0.4) is 0 Å². The molecule has 0 fully saturated rings. The van der Waals surface area contributed by atoms with Gasteiger partial charge in [-0.15, -0.1) is 0 Å². The van der Waals surface area contributed by atoms with Gasteiger partial charge in [-0.1, -0.05) is 18.2 Å². The zero-order valence-corrected chi connectivity index (χ0v) is 10.1. The van der Waals surface area contributed by atoms with Crippen molar-refractivity contribution >= 4 is 39.2 Å². The maximum absolute atomic E-state index is 11.7. The van der Waals surface area contributed by atoms with Crippen molar-refractivity contribution in [1.82, 2.24) is 8.91 Å². The fourth-order valence-corrected chi connectivity index (χ4v) is 2.34. The summed E-state index contributed by atoms with van der Waals surface area (Å²) in [6.07, 6.45) is 0.699. The Morgan fingerprint density at radius 3 is 2.75 bits per heavy atom. The summed E-state index contributed by atoms with van der Waals surface area (Å²) < 4.78 is 1.55. The highest BCUT2D eigenvalue weighted by Gasteiger charge is 2.20. The SMILES string of the molecule is CNC(=O)c1c(C=O)c2ccccc2n1Br. The first-order valence-electron chi connectivity index (χ1n) is 4.67. The van der Waals surface area contributed by atoms with Gasteiger partial charge in [0.05, 0.1) is 27.2 Å². The highest BCUT2D eigenvalue weighted by atomic mass is 79.9. The average molecular weight is 281 g/mol. The van der Waals surface area contributed by atoms with Crippen molar-refractivity contribution in [1.29, 1.82) is 0 Å². The molecule has 0 saturated heterocycles. The number of aromatic nitrogens is 1. The second-order valence-corrected chi connectivity index (χ2v) is 3.97. The van der Waals surface area contributed by atoms with Gasteiger partial charge in [0, 0.05) is 12.4 Å². The molecule has 0 radical (unpaired) electrons. The molecule has 16 heavy (non-hydrogen) atoms. The molecule has 0 aliphatic carbocycles. The number of fused-ring (bicyclic) bond motifs is 1. The first-order chi connectivity index (χ1) is 7.70. The molecule has 0 spiro atoms. The van der Waals surface area contributed by atoms with E-state index in [0.29, 0.717) is 17.5 Å². The molecule has 1 aromatic heterocycles. The van der Waals surface area contributed by atoms with E-state index >= 15 is 0 Å². The van der Waals surface area contributed by atoms with E-state index in [4.69, 9.17) is 0 Å². The highest BCUT2D eigenvalue weighted by molar-refractivity contribution is 9.08. The molecule has 2 rings (SSSR count). The van der Waals surface area contributed by atoms with E-state index in [9.17, 15) is 9.59 Å². The van der Waals surface area contributed by atoms with Crippen molar-refractivity contribution in [3.63, 3.8) is 0 Å². The van der Waals surface area contributed by atoms with Gasteiger partial charge < -0.3 is 5.32 Å². The first kappa shape index (κ1) is 10.9. The van der Waals surface area contributed by atoms with E-state index in [-0.39, 0.29) is 5.91 Å². The summed E-state index contributed by atoms with van der Waals surface area (Å²) in [6, 6.07) is 7.32. The minimum atomic E-state index is -0.296. The summed E-state index contributed by atoms with van der Waals surface area (Å²) in [5, 5.41) is 3.27. The van der Waals surface area contributed by atoms with Crippen molar-refractivity contribution in [2.45, 2.75) is 0 Å². The van der Waals surface area contributed by atoms with Gasteiger partial charge in [-0.2, -0.15) is 0 Å². The van der Waals surface area contributed by atoms with Gasteiger partial charge in [-0.25, -0.2) is 0 Å². The Morgan fingerprint density at radius 2 is 2.12 bits per heavy atom. The number of rotatable bonds is 2. The van der Waals surface area contributed by atoms with Crippen molar-refractivity contribution in [3.8, 4) is 0 Å². The zero-order chi connectivity index (χ0) is 11.7. The van der Waals surface area contributed by atoms with Crippen molar-refractivity contribution in [2.24, 2.45) is 0 Å². The maximum Gasteiger partial charge on any atom is 0.269 e. The van der Waals surface area contributed by atoms with Gasteiger partial charge in [0.15, 0.2) is 6.29 Å². The van der Waals surface area contributed by atoms with Gasteiger partial charge in [0.2, 0.25) is 0 Å². The van der Waals surface area contributed by atoms with E-state index in [1.165, 1.54) is 7.05 Å². The largest absolute Gasteiger partial charge is 0.354 e. The van der Waals surface area contributed by atoms with Crippen LogP contribution in [0, 0.1) is 0 Å². The average Bonchev–Trinajstić information content (AvgIpc) is 2.62. The molecule has 1 heterocycles. The molecule has 0 aliphatic rings. The third kappa shape index (κ3) is 1.44. The molecule has 1 N–H and O–H groups in total. The van der Waals surface area contributed by atoms with Crippen LogP contribution in [0.2, 0.25) is 0 Å². The van der Waals surface area contributed by atoms with Crippen LogP contribution in [0.1, 0.15) is 20.8 Å². The number of halogens is 1. The van der Waals surface area contributed by atoms with Crippen LogP contribution >= 0.6 is 16.1 Å². The van der Waals surface area contributed by atoms with E-state index in [2.05, 4.69) is 21.5 Å². The third-order valence-electron chi connectivity index (χ3n) is 2.42. The number of benzene rings is 1. The first-order valence-corrected chi connectivity index (χ1v) is 5.38. The van der Waals surface area contributed by atoms with Gasteiger partial charge in [0.25, 0.3) is 5.91 Å². The Hall–Kier alpha value is -1.62. The number of amides is 1. The van der Waals surface area contributed by atoms with Crippen LogP contribution in [0.5, 0.6) is 0 Å². The number of hydrogen-bond donors (Lipinski definition) is 1. The number of aldehydes is 1. The number of carbonyl (C=O) groups excluding carboxylic acids is 2. The molecule has 0 bridgehead atoms. The number of hydrogen-bond acceptors (Lipinski definition) is 2. The lowest BCUT2D eigenvalue weighted by molar-refractivity contribution is 0.0952. The molecule has 4 nitrogen and oxygen atoms in total. The van der Waals surface area contributed by atoms with E-state index in [0.717, 1.165) is 10.9 Å². The molecule has 82 valence electrons. The maximum atomic E-state index is 11.7. The van der Waals surface area contributed by atoms with Gasteiger partial charge in [0.1, 0.15) is 5.69 Å². The number of para-hydroxylation sites is 1. The van der Waals surface area contributed by atoms with Crippen LogP contribution < -0.4 is 5.32 Å². The van der Waals surface area contributed by atoms with Gasteiger partial charge >= 0.3 is 0 Å². The monoisotopic (exact) mass is 280 g/mol. The predicted molar refractivity (Wildman–Crippen MR) is 65.0 cm³/mol. The molecule has 0 unspecified atom stereocenters. The Bertz CT molecular complexity index is 575. The summed E-state index contributed by atoms with van der Waals surface area (Å²) in [7, 11) is 1.53. The predicted octanol–water partition coefficient (Wildman–Crippen LogP) is 1.97. The summed E-state index contributed by atoms with van der Waals surface area (Å²) >= 11 is 3.28.